The Morgan fingerprint density at radius 2 is 1.81 bits per heavy atom. The van der Waals surface area contributed by atoms with Crippen LogP contribution in [0.2, 0.25) is 5.02 Å². The second-order valence-electron chi connectivity index (χ2n) is 9.03. The number of halogens is 1. The lowest BCUT2D eigenvalue weighted by Crippen LogP contribution is -2.55. The maximum Gasteiger partial charge on any atom is 0.296 e. The molecule has 0 radical (unpaired) electrons. The number of hydrogen-bond donors (Lipinski definition) is 3. The standard InChI is InChI=1S/C24H31ClN4O2/c1-29-12-10-16(11-13-29)6-9-23(30)27-20-4-2-3-5-21(20)28-24(31)22-15-17-14-18(25)7-8-19(17)26-22/h7-8,14,16,20-22,26H,2-5,10-13,15H2,1H3,(H,27,30)(H,28,31)/t20-,21+,22?/m1/s1. The highest BCUT2D eigenvalue weighted by Gasteiger charge is 2.32. The Balaban J connectivity index is 1.30. The molecular formula is C24H31ClN4O2. The Morgan fingerprint density at radius 3 is 2.55 bits per heavy atom. The Kier molecular flexibility index (Phi) is 7.04. The minimum absolute atomic E-state index is 0.0316. The van der Waals surface area contributed by atoms with Crippen LogP contribution in [-0.2, 0) is 16.0 Å². The van der Waals surface area contributed by atoms with Crippen molar-refractivity contribution >= 4 is 29.1 Å². The highest BCUT2D eigenvalue weighted by Crippen LogP contribution is 2.29. The molecular weight excluding hydrogens is 412 g/mol. The zero-order valence-electron chi connectivity index (χ0n) is 18.0. The first-order valence-corrected chi connectivity index (χ1v) is 11.7. The summed E-state index contributed by atoms with van der Waals surface area (Å²) in [6, 6.07) is 5.20. The fourth-order valence-electron chi connectivity index (χ4n) is 4.77. The Bertz CT molecular complexity index is 885. The van der Waals surface area contributed by atoms with Crippen molar-refractivity contribution in [2.24, 2.45) is 5.92 Å². The van der Waals surface area contributed by atoms with Crippen molar-refractivity contribution in [3.05, 3.63) is 28.8 Å². The molecule has 6 nitrogen and oxygen atoms in total. The molecule has 31 heavy (non-hydrogen) atoms. The lowest BCUT2D eigenvalue weighted by molar-refractivity contribution is -0.123. The number of carbonyl (C=O) groups excluding carboxylic acids is 2. The van der Waals surface area contributed by atoms with Gasteiger partial charge in [-0.15, -0.1) is 0 Å². The van der Waals surface area contributed by atoms with E-state index < -0.39 is 0 Å². The van der Waals surface area contributed by atoms with Crippen LogP contribution in [0.4, 0.5) is 5.69 Å². The number of amides is 2. The number of hydrogen-bond acceptors (Lipinski definition) is 4. The van der Waals surface area contributed by atoms with Gasteiger partial charge in [-0.3, -0.25) is 9.59 Å². The second kappa shape index (κ2) is 9.93. The summed E-state index contributed by atoms with van der Waals surface area (Å²) in [5.74, 6) is 5.99. The van der Waals surface area contributed by atoms with Gasteiger partial charge < -0.3 is 20.9 Å². The zero-order chi connectivity index (χ0) is 21.8. The first-order chi connectivity index (χ1) is 15.0. The lowest BCUT2D eigenvalue weighted by atomic mass is 9.90. The van der Waals surface area contributed by atoms with E-state index in [4.69, 9.17) is 11.6 Å². The SMILES string of the molecule is CN1CCC(C#CC(=O)N[C@@H]2CCCC[C@@H]2NC(=O)C2Cc3cc(Cl)ccc3N2)CC1. The minimum atomic E-state index is -0.309. The number of carbonyl (C=O) groups is 2. The van der Waals surface area contributed by atoms with E-state index in [0.717, 1.165) is 62.9 Å². The molecule has 1 saturated carbocycles. The van der Waals surface area contributed by atoms with Crippen LogP contribution >= 0.6 is 11.6 Å². The van der Waals surface area contributed by atoms with Crippen molar-refractivity contribution in [2.75, 3.05) is 25.5 Å². The molecule has 2 amide bonds. The first kappa shape index (κ1) is 22.0. The molecule has 1 aliphatic carbocycles. The van der Waals surface area contributed by atoms with Crippen LogP contribution in [0.5, 0.6) is 0 Å². The van der Waals surface area contributed by atoms with Gasteiger partial charge in [-0.1, -0.05) is 30.4 Å². The average molecular weight is 443 g/mol. The molecule has 0 aromatic heterocycles. The van der Waals surface area contributed by atoms with Crippen LogP contribution in [0.15, 0.2) is 18.2 Å². The summed E-state index contributed by atoms with van der Waals surface area (Å²) < 4.78 is 0. The third kappa shape index (κ3) is 5.72. The third-order valence-electron chi connectivity index (χ3n) is 6.66. The highest BCUT2D eigenvalue weighted by atomic mass is 35.5. The molecule has 4 rings (SSSR count). The predicted molar refractivity (Wildman–Crippen MR) is 123 cm³/mol. The van der Waals surface area contributed by atoms with Gasteiger partial charge in [0.15, 0.2) is 0 Å². The van der Waals surface area contributed by atoms with Crippen molar-refractivity contribution < 1.29 is 9.59 Å². The first-order valence-electron chi connectivity index (χ1n) is 11.3. The molecule has 3 N–H and O–H groups in total. The van der Waals surface area contributed by atoms with Crippen molar-refractivity contribution in [3.8, 4) is 11.8 Å². The fourth-order valence-corrected chi connectivity index (χ4v) is 4.97. The molecule has 3 aliphatic rings. The van der Waals surface area contributed by atoms with Crippen molar-refractivity contribution in [2.45, 2.75) is 63.1 Å². The number of likely N-dealkylation sites (tertiary alicyclic amines) is 1. The summed E-state index contributed by atoms with van der Waals surface area (Å²) in [6.07, 6.45) is 6.47. The summed E-state index contributed by atoms with van der Waals surface area (Å²) in [6.45, 7) is 2.06. The van der Waals surface area contributed by atoms with Gasteiger partial charge in [-0.25, -0.2) is 0 Å². The molecule has 1 aromatic rings. The van der Waals surface area contributed by atoms with Crippen LogP contribution in [0, 0.1) is 17.8 Å². The number of nitrogens with zero attached hydrogens (tertiary/aromatic N) is 1. The molecule has 7 heteroatoms. The molecule has 2 fully saturated rings. The van der Waals surface area contributed by atoms with Gasteiger partial charge in [0.05, 0.1) is 0 Å². The topological polar surface area (TPSA) is 73.5 Å². The fraction of sp³-hybridized carbons (Fsp3) is 0.583. The zero-order valence-corrected chi connectivity index (χ0v) is 18.8. The van der Waals surface area contributed by atoms with Crippen LogP contribution in [-0.4, -0.2) is 55.0 Å². The second-order valence-corrected chi connectivity index (χ2v) is 9.47. The van der Waals surface area contributed by atoms with Gasteiger partial charge >= 0.3 is 0 Å². The summed E-state index contributed by atoms with van der Waals surface area (Å²) in [7, 11) is 2.11. The summed E-state index contributed by atoms with van der Waals surface area (Å²) in [5, 5.41) is 10.2. The van der Waals surface area contributed by atoms with Crippen LogP contribution in [0.1, 0.15) is 44.1 Å². The van der Waals surface area contributed by atoms with E-state index in [1.54, 1.807) is 0 Å². The number of rotatable bonds is 3. The van der Waals surface area contributed by atoms with Gasteiger partial charge in [-0.2, -0.15) is 0 Å². The number of benzene rings is 1. The maximum atomic E-state index is 12.9. The smallest absolute Gasteiger partial charge is 0.296 e. The van der Waals surface area contributed by atoms with E-state index in [-0.39, 0.29) is 29.9 Å². The lowest BCUT2D eigenvalue weighted by Gasteiger charge is -2.33. The third-order valence-corrected chi connectivity index (χ3v) is 6.89. The maximum absolute atomic E-state index is 12.9. The summed E-state index contributed by atoms with van der Waals surface area (Å²) in [5.41, 5.74) is 2.02. The molecule has 166 valence electrons. The van der Waals surface area contributed by atoms with Crippen LogP contribution in [0.25, 0.3) is 0 Å². The molecule has 2 heterocycles. The normalized spacial score (nSPS) is 26.2. The van der Waals surface area contributed by atoms with Gasteiger partial charge in [0.25, 0.3) is 5.91 Å². The quantitative estimate of drug-likeness (QED) is 0.629. The van der Waals surface area contributed by atoms with Crippen LogP contribution in [0.3, 0.4) is 0 Å². The monoisotopic (exact) mass is 442 g/mol. The number of fused-ring (bicyclic) bond motifs is 1. The molecule has 1 unspecified atom stereocenters. The van der Waals surface area contributed by atoms with Gasteiger partial charge in [0, 0.05) is 35.1 Å². The Hall–Kier alpha value is -2.23. The molecule has 1 saturated heterocycles. The molecule has 3 atom stereocenters. The molecule has 2 aliphatic heterocycles. The van der Waals surface area contributed by atoms with E-state index in [9.17, 15) is 9.59 Å². The highest BCUT2D eigenvalue weighted by molar-refractivity contribution is 6.30. The van der Waals surface area contributed by atoms with Gasteiger partial charge in [0.2, 0.25) is 5.91 Å². The van der Waals surface area contributed by atoms with Gasteiger partial charge in [-0.05, 0) is 75.5 Å². The van der Waals surface area contributed by atoms with Crippen molar-refractivity contribution in [3.63, 3.8) is 0 Å². The number of piperidine rings is 1. The van der Waals surface area contributed by atoms with Crippen LogP contribution < -0.4 is 16.0 Å². The largest absolute Gasteiger partial charge is 0.373 e. The number of anilines is 1. The minimum Gasteiger partial charge on any atom is -0.373 e. The van der Waals surface area contributed by atoms with E-state index in [1.807, 2.05) is 18.2 Å². The average Bonchev–Trinajstić information content (AvgIpc) is 3.18. The predicted octanol–water partition coefficient (Wildman–Crippen LogP) is 2.57. The Labute approximate surface area is 189 Å². The summed E-state index contributed by atoms with van der Waals surface area (Å²) in [4.78, 5) is 27.7. The van der Waals surface area contributed by atoms with E-state index >= 15 is 0 Å². The van der Waals surface area contributed by atoms with E-state index in [1.165, 1.54) is 0 Å². The van der Waals surface area contributed by atoms with Crippen molar-refractivity contribution in [1.82, 2.24) is 15.5 Å². The van der Waals surface area contributed by atoms with Crippen molar-refractivity contribution in [1.29, 1.82) is 0 Å². The number of nitrogens with one attached hydrogen (secondary N) is 3. The molecule has 0 spiro atoms. The van der Waals surface area contributed by atoms with Gasteiger partial charge in [0.1, 0.15) is 6.04 Å². The molecule has 0 bridgehead atoms. The molecule has 1 aromatic carbocycles. The Morgan fingerprint density at radius 1 is 1.10 bits per heavy atom. The van der Waals surface area contributed by atoms with E-state index in [0.29, 0.717) is 17.4 Å². The summed E-state index contributed by atoms with van der Waals surface area (Å²) >= 11 is 6.07. The van der Waals surface area contributed by atoms with E-state index in [2.05, 4.69) is 39.7 Å².